The summed E-state index contributed by atoms with van der Waals surface area (Å²) in [6.07, 6.45) is 4.61. The molecule has 0 radical (unpaired) electrons. The summed E-state index contributed by atoms with van der Waals surface area (Å²) in [5, 5.41) is 13.1. The van der Waals surface area contributed by atoms with Crippen LogP contribution in [0.15, 0.2) is 36.4 Å². The van der Waals surface area contributed by atoms with Gasteiger partial charge in [0.05, 0.1) is 16.6 Å². The molecular weight excluding hydrogens is 386 g/mol. The summed E-state index contributed by atoms with van der Waals surface area (Å²) >= 11 is 0. The number of hydrogen-bond donors (Lipinski definition) is 2. The maximum atomic E-state index is 11.7. The van der Waals surface area contributed by atoms with Crippen molar-refractivity contribution in [2.75, 3.05) is 5.32 Å². The second-order valence-electron chi connectivity index (χ2n) is 10.1. The van der Waals surface area contributed by atoms with Crippen LogP contribution in [0.5, 0.6) is 0 Å². The molecule has 1 atom stereocenters. The average Bonchev–Trinajstić information content (AvgIpc) is 3.03. The van der Waals surface area contributed by atoms with Crippen LogP contribution in [0.4, 0.5) is 11.6 Å². The molecule has 0 amide bonds. The lowest BCUT2D eigenvalue weighted by atomic mass is 9.75. The molecule has 3 aromatic rings. The van der Waals surface area contributed by atoms with E-state index in [-0.39, 0.29) is 5.41 Å². The van der Waals surface area contributed by atoms with Crippen LogP contribution in [0.25, 0.3) is 11.0 Å². The smallest absolute Gasteiger partial charge is 0.336 e. The molecule has 1 aliphatic carbocycles. The first-order valence-electron chi connectivity index (χ1n) is 11.3. The fourth-order valence-electron chi connectivity index (χ4n) is 4.89. The lowest BCUT2D eigenvalue weighted by Gasteiger charge is -2.36. The number of benzene rings is 2. The number of carboxylic acid groups (broad SMARTS) is 1. The number of anilines is 2. The summed E-state index contributed by atoms with van der Waals surface area (Å²) in [5.41, 5.74) is 5.39. The summed E-state index contributed by atoms with van der Waals surface area (Å²) in [5.74, 6) is 0.365. The van der Waals surface area contributed by atoms with E-state index in [0.29, 0.717) is 17.5 Å². The molecule has 1 aromatic heterocycles. The Hall–Kier alpha value is -2.82. The number of nitrogens with one attached hydrogen (secondary N) is 1. The zero-order valence-electron chi connectivity index (χ0n) is 19.2. The highest BCUT2D eigenvalue weighted by molar-refractivity contribution is 5.95. The van der Waals surface area contributed by atoms with Gasteiger partial charge in [0.1, 0.15) is 0 Å². The Morgan fingerprint density at radius 2 is 1.94 bits per heavy atom. The van der Waals surface area contributed by atoms with Gasteiger partial charge in [-0.25, -0.2) is 9.78 Å². The molecule has 1 unspecified atom stereocenters. The standard InChI is InChI=1S/C26H33N3O2/c1-16(2)18-8-10-19(11-9-18)27-25-28-22-14-21(24(30)31)17(3)13-23(22)29(25)20-7-6-12-26(4,5)15-20/h8-11,13-14,16,20H,6-7,12,15H2,1-5H3,(H,27,28)(H,30,31). The van der Waals surface area contributed by atoms with Gasteiger partial charge < -0.3 is 15.0 Å². The molecule has 2 aromatic carbocycles. The number of aryl methyl sites for hydroxylation is 1. The van der Waals surface area contributed by atoms with Gasteiger partial charge >= 0.3 is 5.97 Å². The third-order valence-electron chi connectivity index (χ3n) is 6.64. The highest BCUT2D eigenvalue weighted by Gasteiger charge is 2.31. The van der Waals surface area contributed by atoms with Crippen molar-refractivity contribution < 1.29 is 9.90 Å². The van der Waals surface area contributed by atoms with Gasteiger partial charge in [-0.05, 0) is 72.9 Å². The van der Waals surface area contributed by atoms with E-state index in [1.807, 2.05) is 13.0 Å². The number of rotatable bonds is 5. The van der Waals surface area contributed by atoms with Crippen molar-refractivity contribution in [3.63, 3.8) is 0 Å². The highest BCUT2D eigenvalue weighted by Crippen LogP contribution is 2.43. The monoisotopic (exact) mass is 419 g/mol. The first-order chi connectivity index (χ1) is 14.6. The summed E-state index contributed by atoms with van der Waals surface area (Å²) in [4.78, 5) is 16.5. The molecule has 5 nitrogen and oxygen atoms in total. The zero-order valence-corrected chi connectivity index (χ0v) is 19.2. The summed E-state index contributed by atoms with van der Waals surface area (Å²) in [7, 11) is 0. The molecule has 0 saturated heterocycles. The van der Waals surface area contributed by atoms with Crippen molar-refractivity contribution in [3.8, 4) is 0 Å². The van der Waals surface area contributed by atoms with Crippen molar-refractivity contribution in [3.05, 3.63) is 53.1 Å². The van der Waals surface area contributed by atoms with Crippen LogP contribution in [0.2, 0.25) is 0 Å². The van der Waals surface area contributed by atoms with Crippen LogP contribution in [-0.4, -0.2) is 20.6 Å². The van der Waals surface area contributed by atoms with Crippen LogP contribution in [0, 0.1) is 12.3 Å². The Labute approximate surface area is 184 Å². The number of imidazole rings is 1. The second-order valence-corrected chi connectivity index (χ2v) is 10.1. The van der Waals surface area contributed by atoms with E-state index in [1.165, 1.54) is 18.4 Å². The Bertz CT molecular complexity index is 1110. The van der Waals surface area contributed by atoms with Crippen molar-refractivity contribution in [2.45, 2.75) is 72.3 Å². The summed E-state index contributed by atoms with van der Waals surface area (Å²) < 4.78 is 2.31. The van der Waals surface area contributed by atoms with E-state index in [2.05, 4.69) is 61.8 Å². The topological polar surface area (TPSA) is 67.2 Å². The predicted molar refractivity (Wildman–Crippen MR) is 127 cm³/mol. The van der Waals surface area contributed by atoms with E-state index < -0.39 is 5.97 Å². The SMILES string of the molecule is Cc1cc2c(cc1C(=O)O)nc(Nc1ccc(C(C)C)cc1)n2C1CCCC(C)(C)C1. The quantitative estimate of drug-likeness (QED) is 0.465. The molecule has 0 bridgehead atoms. The van der Waals surface area contributed by atoms with E-state index in [4.69, 9.17) is 4.98 Å². The number of fused-ring (bicyclic) bond motifs is 1. The molecule has 5 heteroatoms. The Kier molecular flexibility index (Phi) is 5.54. The number of aromatic nitrogens is 2. The fraction of sp³-hybridized carbons (Fsp3) is 0.462. The summed E-state index contributed by atoms with van der Waals surface area (Å²) in [6, 6.07) is 12.5. The minimum atomic E-state index is -0.911. The maximum Gasteiger partial charge on any atom is 0.336 e. The second kappa shape index (κ2) is 8.03. The predicted octanol–water partition coefficient (Wildman–Crippen LogP) is 7.05. The van der Waals surface area contributed by atoms with E-state index in [0.717, 1.165) is 41.1 Å². The molecule has 31 heavy (non-hydrogen) atoms. The Balaban J connectivity index is 1.81. The van der Waals surface area contributed by atoms with Crippen LogP contribution in [0.1, 0.15) is 86.8 Å². The van der Waals surface area contributed by atoms with Gasteiger partial charge in [-0.15, -0.1) is 0 Å². The first-order valence-corrected chi connectivity index (χ1v) is 11.3. The Morgan fingerprint density at radius 3 is 2.55 bits per heavy atom. The molecule has 1 fully saturated rings. The minimum absolute atomic E-state index is 0.283. The van der Waals surface area contributed by atoms with Gasteiger partial charge in [-0.2, -0.15) is 0 Å². The van der Waals surface area contributed by atoms with Gasteiger partial charge in [0.2, 0.25) is 5.95 Å². The van der Waals surface area contributed by atoms with Gasteiger partial charge in [-0.3, -0.25) is 0 Å². The van der Waals surface area contributed by atoms with Gasteiger partial charge in [0.15, 0.2) is 0 Å². The molecular formula is C26H33N3O2. The number of aromatic carboxylic acids is 1. The number of nitrogens with zero attached hydrogens (tertiary/aromatic N) is 2. The highest BCUT2D eigenvalue weighted by atomic mass is 16.4. The van der Waals surface area contributed by atoms with Crippen molar-refractivity contribution in [1.29, 1.82) is 0 Å². The molecule has 0 spiro atoms. The fourth-order valence-corrected chi connectivity index (χ4v) is 4.89. The maximum absolute atomic E-state index is 11.7. The van der Waals surface area contributed by atoms with Crippen molar-refractivity contribution in [2.24, 2.45) is 5.41 Å². The van der Waals surface area contributed by atoms with Crippen LogP contribution < -0.4 is 5.32 Å². The van der Waals surface area contributed by atoms with E-state index in [1.54, 1.807) is 6.07 Å². The molecule has 0 aliphatic heterocycles. The molecule has 1 aliphatic rings. The third-order valence-corrected chi connectivity index (χ3v) is 6.64. The summed E-state index contributed by atoms with van der Waals surface area (Å²) in [6.45, 7) is 10.9. The van der Waals surface area contributed by atoms with E-state index in [9.17, 15) is 9.90 Å². The lowest BCUT2D eigenvalue weighted by molar-refractivity contribution is 0.0696. The normalized spacial score (nSPS) is 18.5. The van der Waals surface area contributed by atoms with Crippen molar-refractivity contribution in [1.82, 2.24) is 9.55 Å². The molecule has 4 rings (SSSR count). The zero-order chi connectivity index (χ0) is 22.3. The van der Waals surface area contributed by atoms with Gasteiger partial charge in [0, 0.05) is 11.7 Å². The van der Waals surface area contributed by atoms with Crippen LogP contribution >= 0.6 is 0 Å². The van der Waals surface area contributed by atoms with Crippen molar-refractivity contribution >= 4 is 28.6 Å². The largest absolute Gasteiger partial charge is 0.478 e. The number of hydrogen-bond acceptors (Lipinski definition) is 3. The number of carboxylic acids is 1. The van der Waals surface area contributed by atoms with Crippen LogP contribution in [-0.2, 0) is 0 Å². The van der Waals surface area contributed by atoms with Gasteiger partial charge in [0.25, 0.3) is 0 Å². The van der Waals surface area contributed by atoms with Gasteiger partial charge in [-0.1, -0.05) is 46.2 Å². The Morgan fingerprint density at radius 1 is 1.23 bits per heavy atom. The third kappa shape index (κ3) is 4.32. The number of carbonyl (C=O) groups is 1. The van der Waals surface area contributed by atoms with E-state index >= 15 is 0 Å². The first kappa shape index (κ1) is 21.4. The average molecular weight is 420 g/mol. The lowest BCUT2D eigenvalue weighted by Crippen LogP contribution is -2.25. The molecule has 1 saturated carbocycles. The minimum Gasteiger partial charge on any atom is -0.478 e. The van der Waals surface area contributed by atoms with Crippen LogP contribution in [0.3, 0.4) is 0 Å². The molecule has 164 valence electrons. The molecule has 1 heterocycles. The molecule has 2 N–H and O–H groups in total.